The Kier molecular flexibility index (Phi) is 4.41. The van der Waals surface area contributed by atoms with Crippen LogP contribution in [-0.2, 0) is 9.59 Å². The van der Waals surface area contributed by atoms with Crippen molar-refractivity contribution in [3.63, 3.8) is 0 Å². The molecule has 1 unspecified atom stereocenters. The summed E-state index contributed by atoms with van der Waals surface area (Å²) in [5.74, 6) is -0.0881. The van der Waals surface area contributed by atoms with Gasteiger partial charge < -0.3 is 10.2 Å². The van der Waals surface area contributed by atoms with E-state index in [4.69, 9.17) is 0 Å². The molecule has 2 aromatic rings. The molecule has 3 rings (SSSR count). The molecule has 1 saturated heterocycles. The number of likely N-dealkylation sites (tertiary alicyclic amines) is 1. The van der Waals surface area contributed by atoms with E-state index < -0.39 is 0 Å². The molecule has 1 aromatic carbocycles. The summed E-state index contributed by atoms with van der Waals surface area (Å²) in [6.07, 6.45) is 5.57. The molecule has 1 N–H and O–H groups in total. The zero-order valence-electron chi connectivity index (χ0n) is 13.1. The first kappa shape index (κ1) is 15.3. The van der Waals surface area contributed by atoms with Crippen LogP contribution >= 0.6 is 0 Å². The first-order chi connectivity index (χ1) is 11.2. The van der Waals surface area contributed by atoms with Crippen LogP contribution in [0.25, 0.3) is 5.69 Å². The van der Waals surface area contributed by atoms with Crippen LogP contribution < -0.4 is 5.32 Å². The van der Waals surface area contributed by atoms with Gasteiger partial charge in [-0.25, -0.2) is 4.68 Å². The SMILES string of the molecule is CCC(=O)N1CCCC1C(=O)Nc1cccc(-n2cccn2)c1. The number of amides is 2. The minimum absolute atomic E-state index is 0.0351. The molecule has 6 heteroatoms. The molecule has 1 fully saturated rings. The Morgan fingerprint density at radius 3 is 2.96 bits per heavy atom. The largest absolute Gasteiger partial charge is 0.331 e. The van der Waals surface area contributed by atoms with Crippen molar-refractivity contribution in [1.29, 1.82) is 0 Å². The van der Waals surface area contributed by atoms with Crippen molar-refractivity contribution in [2.45, 2.75) is 32.2 Å². The highest BCUT2D eigenvalue weighted by Crippen LogP contribution is 2.21. The lowest BCUT2D eigenvalue weighted by Gasteiger charge is -2.23. The number of benzene rings is 1. The Hall–Kier alpha value is -2.63. The lowest BCUT2D eigenvalue weighted by atomic mass is 10.2. The van der Waals surface area contributed by atoms with Crippen molar-refractivity contribution in [2.75, 3.05) is 11.9 Å². The number of hydrogen-bond donors (Lipinski definition) is 1. The molecule has 1 atom stereocenters. The summed E-state index contributed by atoms with van der Waals surface area (Å²) in [5, 5.41) is 7.10. The van der Waals surface area contributed by atoms with E-state index in [1.54, 1.807) is 15.8 Å². The molecule has 2 amide bonds. The van der Waals surface area contributed by atoms with E-state index in [-0.39, 0.29) is 17.9 Å². The number of rotatable bonds is 4. The van der Waals surface area contributed by atoms with E-state index in [0.29, 0.717) is 18.7 Å². The molecular weight excluding hydrogens is 292 g/mol. The third-order valence-corrected chi connectivity index (χ3v) is 4.06. The molecule has 0 saturated carbocycles. The van der Waals surface area contributed by atoms with Gasteiger partial charge in [-0.2, -0.15) is 5.10 Å². The Bertz CT molecular complexity index is 696. The third kappa shape index (κ3) is 3.26. The fraction of sp³-hybridized carbons (Fsp3) is 0.353. The lowest BCUT2D eigenvalue weighted by molar-refractivity contribution is -0.136. The molecule has 23 heavy (non-hydrogen) atoms. The zero-order valence-corrected chi connectivity index (χ0v) is 13.1. The van der Waals surface area contributed by atoms with Crippen LogP contribution in [0.5, 0.6) is 0 Å². The molecule has 1 aliphatic heterocycles. The molecule has 1 aliphatic rings. The number of anilines is 1. The zero-order chi connectivity index (χ0) is 16.2. The Balaban J connectivity index is 1.73. The van der Waals surface area contributed by atoms with Gasteiger partial charge in [0.15, 0.2) is 0 Å². The summed E-state index contributed by atoms with van der Waals surface area (Å²) in [4.78, 5) is 26.1. The van der Waals surface area contributed by atoms with Crippen molar-refractivity contribution >= 4 is 17.5 Å². The fourth-order valence-electron chi connectivity index (χ4n) is 2.91. The smallest absolute Gasteiger partial charge is 0.247 e. The molecule has 0 aliphatic carbocycles. The summed E-state index contributed by atoms with van der Waals surface area (Å²) in [5.41, 5.74) is 1.58. The molecular formula is C17H20N4O2. The maximum Gasteiger partial charge on any atom is 0.247 e. The van der Waals surface area contributed by atoms with E-state index in [2.05, 4.69) is 10.4 Å². The van der Waals surface area contributed by atoms with Crippen LogP contribution in [0.4, 0.5) is 5.69 Å². The molecule has 120 valence electrons. The predicted octanol–water partition coefficient (Wildman–Crippen LogP) is 2.21. The Labute approximate surface area is 135 Å². The maximum atomic E-state index is 12.5. The Morgan fingerprint density at radius 1 is 1.35 bits per heavy atom. The highest BCUT2D eigenvalue weighted by atomic mass is 16.2. The first-order valence-corrected chi connectivity index (χ1v) is 7.89. The van der Waals surface area contributed by atoms with Crippen molar-refractivity contribution in [3.05, 3.63) is 42.7 Å². The molecule has 0 bridgehead atoms. The topological polar surface area (TPSA) is 67.2 Å². The van der Waals surface area contributed by atoms with Gasteiger partial charge in [0.25, 0.3) is 0 Å². The van der Waals surface area contributed by atoms with Gasteiger partial charge in [0.2, 0.25) is 11.8 Å². The van der Waals surface area contributed by atoms with Crippen LogP contribution in [-0.4, -0.2) is 39.1 Å². The second kappa shape index (κ2) is 6.64. The second-order valence-corrected chi connectivity index (χ2v) is 5.59. The molecule has 0 spiro atoms. The van der Waals surface area contributed by atoms with E-state index in [9.17, 15) is 9.59 Å². The van der Waals surface area contributed by atoms with Gasteiger partial charge in [-0.15, -0.1) is 0 Å². The highest BCUT2D eigenvalue weighted by molar-refractivity contribution is 5.97. The summed E-state index contributed by atoms with van der Waals surface area (Å²) >= 11 is 0. The molecule has 6 nitrogen and oxygen atoms in total. The van der Waals surface area contributed by atoms with Gasteiger partial charge in [0.05, 0.1) is 5.69 Å². The minimum atomic E-state index is -0.365. The quantitative estimate of drug-likeness (QED) is 0.941. The van der Waals surface area contributed by atoms with Crippen LogP contribution in [0.2, 0.25) is 0 Å². The molecule has 0 radical (unpaired) electrons. The van der Waals surface area contributed by atoms with Crippen LogP contribution in [0.3, 0.4) is 0 Å². The maximum absolute atomic E-state index is 12.5. The number of hydrogen-bond acceptors (Lipinski definition) is 3. The highest BCUT2D eigenvalue weighted by Gasteiger charge is 2.33. The molecule has 2 heterocycles. The summed E-state index contributed by atoms with van der Waals surface area (Å²) in [6.45, 7) is 2.49. The first-order valence-electron chi connectivity index (χ1n) is 7.89. The fourth-order valence-corrected chi connectivity index (χ4v) is 2.91. The number of nitrogens with one attached hydrogen (secondary N) is 1. The monoisotopic (exact) mass is 312 g/mol. The number of nitrogens with zero attached hydrogens (tertiary/aromatic N) is 3. The van der Waals surface area contributed by atoms with E-state index in [1.165, 1.54) is 0 Å². The summed E-state index contributed by atoms with van der Waals surface area (Å²) < 4.78 is 1.73. The number of carbonyl (C=O) groups is 2. The summed E-state index contributed by atoms with van der Waals surface area (Å²) in [6, 6.07) is 8.98. The lowest BCUT2D eigenvalue weighted by Crippen LogP contribution is -2.42. The van der Waals surface area contributed by atoms with E-state index in [1.807, 2.05) is 43.5 Å². The van der Waals surface area contributed by atoms with Gasteiger partial charge in [0, 0.05) is 31.0 Å². The predicted molar refractivity (Wildman–Crippen MR) is 87.2 cm³/mol. The second-order valence-electron chi connectivity index (χ2n) is 5.59. The van der Waals surface area contributed by atoms with Crippen molar-refractivity contribution in [1.82, 2.24) is 14.7 Å². The van der Waals surface area contributed by atoms with E-state index >= 15 is 0 Å². The van der Waals surface area contributed by atoms with Gasteiger partial charge in [-0.3, -0.25) is 9.59 Å². The third-order valence-electron chi connectivity index (χ3n) is 4.06. The van der Waals surface area contributed by atoms with Gasteiger partial charge in [-0.05, 0) is 37.1 Å². The summed E-state index contributed by atoms with van der Waals surface area (Å²) in [7, 11) is 0. The average Bonchev–Trinajstić information content (AvgIpc) is 3.25. The van der Waals surface area contributed by atoms with Crippen LogP contribution in [0.15, 0.2) is 42.7 Å². The van der Waals surface area contributed by atoms with Gasteiger partial charge in [-0.1, -0.05) is 13.0 Å². The van der Waals surface area contributed by atoms with Crippen molar-refractivity contribution in [3.8, 4) is 5.69 Å². The van der Waals surface area contributed by atoms with Gasteiger partial charge >= 0.3 is 0 Å². The van der Waals surface area contributed by atoms with Crippen molar-refractivity contribution in [2.24, 2.45) is 0 Å². The standard InChI is InChI=1S/C17H20N4O2/c1-2-16(22)20-10-4-8-15(20)17(23)19-13-6-3-7-14(12-13)21-11-5-9-18-21/h3,5-7,9,11-12,15H,2,4,8,10H2,1H3,(H,19,23). The molecule has 1 aromatic heterocycles. The minimum Gasteiger partial charge on any atom is -0.331 e. The van der Waals surface area contributed by atoms with Crippen LogP contribution in [0, 0.1) is 0 Å². The average molecular weight is 312 g/mol. The Morgan fingerprint density at radius 2 is 2.22 bits per heavy atom. The van der Waals surface area contributed by atoms with Crippen molar-refractivity contribution < 1.29 is 9.59 Å². The number of carbonyl (C=O) groups excluding carboxylic acids is 2. The van der Waals surface area contributed by atoms with Gasteiger partial charge in [0.1, 0.15) is 6.04 Å². The van der Waals surface area contributed by atoms with E-state index in [0.717, 1.165) is 18.5 Å². The normalized spacial score (nSPS) is 17.3. The van der Waals surface area contributed by atoms with Crippen LogP contribution in [0.1, 0.15) is 26.2 Å². The number of aromatic nitrogens is 2.